The molecule has 0 saturated heterocycles. The van der Waals surface area contributed by atoms with Gasteiger partial charge in [-0.15, -0.1) is 15.3 Å². The van der Waals surface area contributed by atoms with Crippen molar-refractivity contribution in [2.75, 3.05) is 0 Å². The van der Waals surface area contributed by atoms with Crippen LogP contribution in [-0.2, 0) is 24.8 Å². The molecule has 0 radical (unpaired) electrons. The van der Waals surface area contributed by atoms with Crippen molar-refractivity contribution in [2.24, 2.45) is 13.0 Å². The number of aryl methyl sites for hydroxylation is 3. The molecule has 1 aliphatic rings. The number of aromatic nitrogens is 8. The van der Waals surface area contributed by atoms with Gasteiger partial charge in [0.05, 0.1) is 29.1 Å². The number of tetrazole rings is 1. The minimum absolute atomic E-state index is 0.112. The molecule has 1 aliphatic carbocycles. The van der Waals surface area contributed by atoms with E-state index in [-0.39, 0.29) is 12.0 Å². The van der Waals surface area contributed by atoms with E-state index >= 15 is 0 Å². The number of nitrogens with zero attached hydrogens (tertiary/aromatic N) is 8. The lowest BCUT2D eigenvalue weighted by Gasteiger charge is -2.27. The molecule has 3 aromatic rings. The molecule has 0 amide bonds. The monoisotopic (exact) mass is 440 g/mol. The number of pyridine rings is 1. The van der Waals surface area contributed by atoms with Crippen LogP contribution in [0.2, 0.25) is 0 Å². The highest BCUT2D eigenvalue weighted by Gasteiger charge is 2.28. The zero-order valence-electron chi connectivity index (χ0n) is 18.6. The largest absolute Gasteiger partial charge is 0.489 e. The van der Waals surface area contributed by atoms with Crippen LogP contribution < -0.4 is 4.74 Å². The summed E-state index contributed by atoms with van der Waals surface area (Å²) < 4.78 is 7.80. The average Bonchev–Trinajstić information content (AvgIpc) is 3.37. The first-order valence-corrected chi connectivity index (χ1v) is 11.0. The highest BCUT2D eigenvalue weighted by Crippen LogP contribution is 2.30. The van der Waals surface area contributed by atoms with Gasteiger partial charge in [0.15, 0.2) is 5.82 Å². The SMILES string of the molecule is CCCc1nnn(Cc2c(-c3ccc(O[C@H]4CCC[C@H](C(=O)O)C4)c(C)n3)nnn2C)n1. The number of aliphatic carboxylic acids is 1. The molecule has 2 atom stereocenters. The zero-order chi connectivity index (χ0) is 22.7. The first kappa shape index (κ1) is 21.8. The lowest BCUT2D eigenvalue weighted by Crippen LogP contribution is -2.29. The van der Waals surface area contributed by atoms with Crippen LogP contribution in [0.1, 0.15) is 56.2 Å². The van der Waals surface area contributed by atoms with Crippen LogP contribution in [0.15, 0.2) is 12.1 Å². The van der Waals surface area contributed by atoms with Gasteiger partial charge in [-0.2, -0.15) is 4.80 Å². The molecule has 0 unspecified atom stereocenters. The summed E-state index contributed by atoms with van der Waals surface area (Å²) >= 11 is 0. The topological polar surface area (TPSA) is 134 Å². The summed E-state index contributed by atoms with van der Waals surface area (Å²) in [6.07, 6.45) is 4.57. The van der Waals surface area contributed by atoms with E-state index < -0.39 is 5.97 Å². The molecule has 11 heteroatoms. The van der Waals surface area contributed by atoms with Gasteiger partial charge < -0.3 is 9.84 Å². The van der Waals surface area contributed by atoms with Gasteiger partial charge in [0, 0.05) is 13.5 Å². The lowest BCUT2D eigenvalue weighted by atomic mass is 9.87. The Morgan fingerprint density at radius 3 is 2.84 bits per heavy atom. The van der Waals surface area contributed by atoms with E-state index in [9.17, 15) is 9.90 Å². The molecule has 1 N–H and O–H groups in total. The van der Waals surface area contributed by atoms with Crippen molar-refractivity contribution >= 4 is 5.97 Å². The Morgan fingerprint density at radius 2 is 2.09 bits per heavy atom. The van der Waals surface area contributed by atoms with Crippen molar-refractivity contribution in [1.29, 1.82) is 0 Å². The van der Waals surface area contributed by atoms with Gasteiger partial charge in [0.25, 0.3) is 0 Å². The Hall–Kier alpha value is -3.37. The highest BCUT2D eigenvalue weighted by molar-refractivity contribution is 5.70. The number of rotatable bonds is 8. The molecular weight excluding hydrogens is 412 g/mol. The summed E-state index contributed by atoms with van der Waals surface area (Å²) in [6.45, 7) is 4.33. The quantitative estimate of drug-likeness (QED) is 0.559. The van der Waals surface area contributed by atoms with Gasteiger partial charge in [-0.25, -0.2) is 9.67 Å². The standard InChI is InChI=1S/C21H28N8O3/c1-4-6-19-23-27-29(25-19)12-17-20(24-26-28(17)3)16-9-10-18(13(2)22-16)32-15-8-5-7-14(11-15)21(30)31/h9-10,14-15H,4-8,11-12H2,1-3H3,(H,30,31)/t14-,15-/m0/s1. The molecule has 0 spiro atoms. The average molecular weight is 441 g/mol. The number of carbonyl (C=O) groups is 1. The molecule has 0 aliphatic heterocycles. The van der Waals surface area contributed by atoms with Crippen molar-refractivity contribution in [3.8, 4) is 17.1 Å². The molecule has 0 aromatic carbocycles. The maximum atomic E-state index is 11.3. The van der Waals surface area contributed by atoms with E-state index in [2.05, 4.69) is 32.6 Å². The van der Waals surface area contributed by atoms with Crippen LogP contribution in [0.5, 0.6) is 5.75 Å². The third kappa shape index (κ3) is 4.76. The fourth-order valence-corrected chi connectivity index (χ4v) is 4.01. The highest BCUT2D eigenvalue weighted by atomic mass is 16.5. The Labute approximate surface area is 185 Å². The van der Waals surface area contributed by atoms with Crippen molar-refractivity contribution < 1.29 is 14.6 Å². The van der Waals surface area contributed by atoms with E-state index in [0.717, 1.165) is 37.1 Å². The number of carboxylic acids is 1. The molecule has 32 heavy (non-hydrogen) atoms. The van der Waals surface area contributed by atoms with Crippen molar-refractivity contribution in [1.82, 2.24) is 40.2 Å². The van der Waals surface area contributed by atoms with E-state index in [1.54, 1.807) is 9.48 Å². The van der Waals surface area contributed by atoms with Gasteiger partial charge >= 0.3 is 5.97 Å². The fourth-order valence-electron chi connectivity index (χ4n) is 4.01. The summed E-state index contributed by atoms with van der Waals surface area (Å²) in [5.74, 6) is 0.291. The van der Waals surface area contributed by atoms with Crippen LogP contribution in [0.25, 0.3) is 11.4 Å². The Bertz CT molecular complexity index is 1090. The molecule has 0 bridgehead atoms. The molecule has 4 rings (SSSR count). The second-order valence-electron chi connectivity index (χ2n) is 8.22. The summed E-state index contributed by atoms with van der Waals surface area (Å²) in [4.78, 5) is 17.6. The van der Waals surface area contributed by atoms with Gasteiger partial charge in [-0.1, -0.05) is 12.1 Å². The van der Waals surface area contributed by atoms with Crippen LogP contribution >= 0.6 is 0 Å². The fraction of sp³-hybridized carbons (Fsp3) is 0.571. The molecule has 1 saturated carbocycles. The smallest absolute Gasteiger partial charge is 0.306 e. The second-order valence-corrected chi connectivity index (χ2v) is 8.22. The molecular formula is C21H28N8O3. The first-order chi connectivity index (χ1) is 15.4. The Balaban J connectivity index is 1.51. The Morgan fingerprint density at radius 1 is 1.25 bits per heavy atom. The van der Waals surface area contributed by atoms with Crippen molar-refractivity contribution in [3.63, 3.8) is 0 Å². The molecule has 3 aromatic heterocycles. The third-order valence-electron chi connectivity index (χ3n) is 5.75. The number of carboxylic acid groups (broad SMARTS) is 1. The summed E-state index contributed by atoms with van der Waals surface area (Å²) in [5, 5.41) is 30.4. The van der Waals surface area contributed by atoms with Gasteiger partial charge in [-0.05, 0) is 56.4 Å². The molecule has 3 heterocycles. The Kier molecular flexibility index (Phi) is 6.42. The van der Waals surface area contributed by atoms with Crippen LogP contribution in [-0.4, -0.2) is 57.4 Å². The lowest BCUT2D eigenvalue weighted by molar-refractivity contribution is -0.143. The second kappa shape index (κ2) is 9.41. The van der Waals surface area contributed by atoms with Crippen LogP contribution in [0, 0.1) is 12.8 Å². The normalized spacial score (nSPS) is 18.6. The van der Waals surface area contributed by atoms with Crippen LogP contribution in [0.3, 0.4) is 0 Å². The van der Waals surface area contributed by atoms with Gasteiger partial charge in [-0.3, -0.25) is 4.79 Å². The summed E-state index contributed by atoms with van der Waals surface area (Å²) in [7, 11) is 1.82. The minimum atomic E-state index is -0.748. The minimum Gasteiger partial charge on any atom is -0.489 e. The maximum Gasteiger partial charge on any atom is 0.306 e. The van der Waals surface area contributed by atoms with E-state index in [1.807, 2.05) is 26.1 Å². The van der Waals surface area contributed by atoms with E-state index in [0.29, 0.717) is 42.3 Å². The molecule has 170 valence electrons. The van der Waals surface area contributed by atoms with Crippen molar-refractivity contribution in [2.45, 2.75) is 65.0 Å². The molecule has 11 nitrogen and oxygen atoms in total. The number of hydrogen-bond donors (Lipinski definition) is 1. The predicted molar refractivity (Wildman–Crippen MR) is 114 cm³/mol. The molecule has 1 fully saturated rings. The van der Waals surface area contributed by atoms with E-state index in [1.165, 1.54) is 0 Å². The summed E-state index contributed by atoms with van der Waals surface area (Å²) in [6, 6.07) is 3.72. The third-order valence-corrected chi connectivity index (χ3v) is 5.75. The van der Waals surface area contributed by atoms with Gasteiger partial charge in [0.1, 0.15) is 18.0 Å². The zero-order valence-corrected chi connectivity index (χ0v) is 18.6. The van der Waals surface area contributed by atoms with E-state index in [4.69, 9.17) is 9.72 Å². The van der Waals surface area contributed by atoms with Crippen molar-refractivity contribution in [3.05, 3.63) is 29.3 Å². The predicted octanol–water partition coefficient (Wildman–Crippen LogP) is 2.20. The first-order valence-electron chi connectivity index (χ1n) is 11.0. The summed E-state index contributed by atoms with van der Waals surface area (Å²) in [5.41, 5.74) is 2.88. The van der Waals surface area contributed by atoms with Crippen LogP contribution in [0.4, 0.5) is 0 Å². The maximum absolute atomic E-state index is 11.3. The van der Waals surface area contributed by atoms with Gasteiger partial charge in [0.2, 0.25) is 0 Å². The number of ether oxygens (including phenoxy) is 1. The number of hydrogen-bond acceptors (Lipinski definition) is 8.